The third kappa shape index (κ3) is 4.90. The first-order valence-corrected chi connectivity index (χ1v) is 8.72. The lowest BCUT2D eigenvalue weighted by Crippen LogP contribution is -2.18. The number of alkyl halides is 3. The van der Waals surface area contributed by atoms with Crippen molar-refractivity contribution in [1.82, 2.24) is 0 Å². The van der Waals surface area contributed by atoms with Crippen LogP contribution in [0.5, 0.6) is 0 Å². The Morgan fingerprint density at radius 1 is 0.931 bits per heavy atom. The topological polar surface area (TPSA) is 71.3 Å². The zero-order valence-electron chi connectivity index (χ0n) is 14.3. The van der Waals surface area contributed by atoms with E-state index in [9.17, 15) is 22.8 Å². The highest BCUT2D eigenvalue weighted by molar-refractivity contribution is 6.37. The summed E-state index contributed by atoms with van der Waals surface area (Å²) in [6.45, 7) is 0. The summed E-state index contributed by atoms with van der Waals surface area (Å²) in [6.07, 6.45) is -2.37. The summed E-state index contributed by atoms with van der Waals surface area (Å²) in [4.78, 5) is 24.4. The molecule has 0 aliphatic heterocycles. The standard InChI is InChI=1S/C19H11Cl2F3N2O3/c20-11-1-3-13(15(21)7-11)18(28)26-16-4-2-12(8-14(16)19(22,23)24)25-17(27)10-5-6-29-9-10/h1-9H,(H,25,27)(H,26,28). The van der Waals surface area contributed by atoms with Gasteiger partial charge in [-0.1, -0.05) is 23.2 Å². The quantitative estimate of drug-likeness (QED) is 0.511. The van der Waals surface area contributed by atoms with E-state index in [-0.39, 0.29) is 26.9 Å². The summed E-state index contributed by atoms with van der Waals surface area (Å²) in [5.41, 5.74) is -1.63. The highest BCUT2D eigenvalue weighted by Gasteiger charge is 2.34. The van der Waals surface area contributed by atoms with Crippen LogP contribution in [0.25, 0.3) is 0 Å². The Kier molecular flexibility index (Phi) is 5.86. The summed E-state index contributed by atoms with van der Waals surface area (Å²) >= 11 is 11.7. The summed E-state index contributed by atoms with van der Waals surface area (Å²) < 4.78 is 45.3. The van der Waals surface area contributed by atoms with Gasteiger partial charge in [-0.15, -0.1) is 0 Å². The Balaban J connectivity index is 1.88. The minimum Gasteiger partial charge on any atom is -0.472 e. The lowest BCUT2D eigenvalue weighted by molar-refractivity contribution is -0.136. The Morgan fingerprint density at radius 2 is 1.69 bits per heavy atom. The van der Waals surface area contributed by atoms with Crippen molar-refractivity contribution in [2.24, 2.45) is 0 Å². The molecule has 0 saturated carbocycles. The molecule has 1 heterocycles. The molecular weight excluding hydrogens is 432 g/mol. The first kappa shape index (κ1) is 20.8. The van der Waals surface area contributed by atoms with Gasteiger partial charge < -0.3 is 15.1 Å². The maximum Gasteiger partial charge on any atom is 0.418 e. The van der Waals surface area contributed by atoms with Gasteiger partial charge in [0, 0.05) is 10.7 Å². The number of hydrogen-bond acceptors (Lipinski definition) is 3. The van der Waals surface area contributed by atoms with Crippen LogP contribution >= 0.6 is 23.2 Å². The Labute approximate surface area is 172 Å². The number of carbonyl (C=O) groups excluding carboxylic acids is 2. The monoisotopic (exact) mass is 442 g/mol. The third-order valence-corrected chi connectivity index (χ3v) is 4.34. The van der Waals surface area contributed by atoms with Gasteiger partial charge in [-0.05, 0) is 42.5 Å². The molecule has 2 aromatic carbocycles. The molecule has 29 heavy (non-hydrogen) atoms. The molecule has 0 saturated heterocycles. The van der Waals surface area contributed by atoms with Crippen LogP contribution in [0.1, 0.15) is 26.3 Å². The number of carbonyl (C=O) groups is 2. The van der Waals surface area contributed by atoms with Gasteiger partial charge in [-0.2, -0.15) is 13.2 Å². The van der Waals surface area contributed by atoms with Crippen LogP contribution in [0.2, 0.25) is 10.0 Å². The highest BCUT2D eigenvalue weighted by atomic mass is 35.5. The molecule has 0 radical (unpaired) electrons. The lowest BCUT2D eigenvalue weighted by Gasteiger charge is -2.16. The second-order valence-electron chi connectivity index (χ2n) is 5.80. The van der Waals surface area contributed by atoms with Gasteiger partial charge in [0.25, 0.3) is 11.8 Å². The number of hydrogen-bond donors (Lipinski definition) is 2. The molecule has 5 nitrogen and oxygen atoms in total. The number of benzene rings is 2. The average Bonchev–Trinajstić information content (AvgIpc) is 3.16. The summed E-state index contributed by atoms with van der Waals surface area (Å²) in [7, 11) is 0. The number of amides is 2. The van der Waals surface area contributed by atoms with E-state index in [1.807, 2.05) is 0 Å². The molecule has 3 aromatic rings. The predicted molar refractivity (Wildman–Crippen MR) is 103 cm³/mol. The molecule has 0 atom stereocenters. The molecule has 0 bridgehead atoms. The fourth-order valence-electron chi connectivity index (χ4n) is 2.43. The number of furan rings is 1. The van der Waals surface area contributed by atoms with Crippen molar-refractivity contribution in [3.8, 4) is 0 Å². The number of anilines is 2. The Bertz CT molecular complexity index is 1070. The molecule has 150 valence electrons. The van der Waals surface area contributed by atoms with Crippen molar-refractivity contribution in [2.45, 2.75) is 6.18 Å². The van der Waals surface area contributed by atoms with Crippen LogP contribution in [-0.2, 0) is 6.18 Å². The molecular formula is C19H11Cl2F3N2O3. The molecule has 2 amide bonds. The predicted octanol–water partition coefficient (Wildman–Crippen LogP) is 6.11. The SMILES string of the molecule is O=C(Nc1ccc(NC(=O)c2ccc(Cl)cc2Cl)c(C(F)(F)F)c1)c1ccoc1. The Morgan fingerprint density at radius 3 is 2.31 bits per heavy atom. The molecule has 0 fully saturated rings. The largest absolute Gasteiger partial charge is 0.472 e. The van der Waals surface area contributed by atoms with Crippen molar-refractivity contribution >= 4 is 46.4 Å². The van der Waals surface area contributed by atoms with E-state index in [0.29, 0.717) is 0 Å². The van der Waals surface area contributed by atoms with E-state index in [1.54, 1.807) is 0 Å². The molecule has 0 spiro atoms. The first-order chi connectivity index (χ1) is 13.6. The second-order valence-corrected chi connectivity index (χ2v) is 6.65. The summed E-state index contributed by atoms with van der Waals surface area (Å²) in [6, 6.07) is 8.34. The van der Waals surface area contributed by atoms with Crippen molar-refractivity contribution in [3.63, 3.8) is 0 Å². The fraction of sp³-hybridized carbons (Fsp3) is 0.0526. The molecule has 0 aliphatic rings. The Hall–Kier alpha value is -2.97. The van der Waals surface area contributed by atoms with Gasteiger partial charge in [0.05, 0.1) is 33.7 Å². The molecule has 0 aliphatic carbocycles. The second kappa shape index (κ2) is 8.18. The molecule has 10 heteroatoms. The number of rotatable bonds is 4. The van der Waals surface area contributed by atoms with Crippen LogP contribution in [0.4, 0.5) is 24.5 Å². The van der Waals surface area contributed by atoms with Crippen LogP contribution in [0, 0.1) is 0 Å². The number of nitrogens with one attached hydrogen (secondary N) is 2. The summed E-state index contributed by atoms with van der Waals surface area (Å²) in [5, 5.41) is 4.80. The summed E-state index contributed by atoms with van der Waals surface area (Å²) in [5.74, 6) is -1.48. The van der Waals surface area contributed by atoms with Crippen LogP contribution < -0.4 is 10.6 Å². The smallest absolute Gasteiger partial charge is 0.418 e. The zero-order chi connectivity index (χ0) is 21.2. The van der Waals surface area contributed by atoms with Crippen LogP contribution in [0.15, 0.2) is 59.4 Å². The first-order valence-electron chi connectivity index (χ1n) is 7.96. The van der Waals surface area contributed by atoms with Gasteiger partial charge in [0.2, 0.25) is 0 Å². The highest BCUT2D eigenvalue weighted by Crippen LogP contribution is 2.37. The van der Waals surface area contributed by atoms with Crippen molar-refractivity contribution in [2.75, 3.05) is 10.6 Å². The fourth-order valence-corrected chi connectivity index (χ4v) is 2.92. The van der Waals surface area contributed by atoms with Gasteiger partial charge >= 0.3 is 6.18 Å². The average molecular weight is 443 g/mol. The molecule has 3 rings (SSSR count). The van der Waals surface area contributed by atoms with E-state index in [4.69, 9.17) is 27.6 Å². The van der Waals surface area contributed by atoms with Gasteiger partial charge in [-0.25, -0.2) is 0 Å². The maximum atomic E-state index is 13.5. The molecule has 2 N–H and O–H groups in total. The molecule has 1 aromatic heterocycles. The van der Waals surface area contributed by atoms with E-state index >= 15 is 0 Å². The van der Waals surface area contributed by atoms with E-state index in [0.717, 1.165) is 18.4 Å². The minimum absolute atomic E-state index is 0.00689. The normalized spacial score (nSPS) is 11.2. The van der Waals surface area contributed by atoms with Crippen molar-refractivity contribution in [1.29, 1.82) is 0 Å². The van der Waals surface area contributed by atoms with Gasteiger partial charge in [0.1, 0.15) is 6.26 Å². The lowest BCUT2D eigenvalue weighted by atomic mass is 10.1. The number of halogens is 5. The minimum atomic E-state index is -4.79. The van der Waals surface area contributed by atoms with E-state index in [1.165, 1.54) is 36.6 Å². The van der Waals surface area contributed by atoms with E-state index in [2.05, 4.69) is 10.6 Å². The maximum absolute atomic E-state index is 13.5. The van der Waals surface area contributed by atoms with Crippen molar-refractivity contribution < 1.29 is 27.2 Å². The van der Waals surface area contributed by atoms with Crippen LogP contribution in [0.3, 0.4) is 0 Å². The molecule has 0 unspecified atom stereocenters. The van der Waals surface area contributed by atoms with Crippen LogP contribution in [-0.4, -0.2) is 11.8 Å². The van der Waals surface area contributed by atoms with E-state index < -0.39 is 29.2 Å². The van der Waals surface area contributed by atoms with Gasteiger partial charge in [-0.3, -0.25) is 9.59 Å². The zero-order valence-corrected chi connectivity index (χ0v) is 15.8. The van der Waals surface area contributed by atoms with Crippen molar-refractivity contribution in [3.05, 3.63) is 81.7 Å². The third-order valence-electron chi connectivity index (χ3n) is 3.79. The van der Waals surface area contributed by atoms with Gasteiger partial charge in [0.15, 0.2) is 0 Å².